The average molecular weight is 306 g/mol. The number of rotatable bonds is 2. The minimum atomic E-state index is -0.611. The summed E-state index contributed by atoms with van der Waals surface area (Å²) in [7, 11) is 0. The first kappa shape index (κ1) is 16.0. The number of hydrogen-bond acceptors (Lipinski definition) is 4. The number of alkyl carbamates (subject to hydrolysis) is 1. The SMILES string of the molecule is C[C@H](NC(=O)OC(C)(C)C)c1nc2ccc(F)cc2cc1O. The van der Waals surface area contributed by atoms with Crippen LogP contribution in [0.5, 0.6) is 5.75 Å². The van der Waals surface area contributed by atoms with Gasteiger partial charge >= 0.3 is 6.09 Å². The van der Waals surface area contributed by atoms with Crippen molar-refractivity contribution >= 4 is 17.0 Å². The molecule has 0 bridgehead atoms. The molecule has 1 heterocycles. The van der Waals surface area contributed by atoms with Gasteiger partial charge in [0.15, 0.2) is 0 Å². The van der Waals surface area contributed by atoms with Crippen LogP contribution in [-0.2, 0) is 4.74 Å². The molecule has 0 aliphatic heterocycles. The van der Waals surface area contributed by atoms with Gasteiger partial charge in [0.2, 0.25) is 0 Å². The van der Waals surface area contributed by atoms with Crippen LogP contribution in [0.2, 0.25) is 0 Å². The number of nitrogens with zero attached hydrogens (tertiary/aromatic N) is 1. The fraction of sp³-hybridized carbons (Fsp3) is 0.375. The first-order chi connectivity index (χ1) is 10.2. The monoisotopic (exact) mass is 306 g/mol. The first-order valence-corrected chi connectivity index (χ1v) is 6.94. The Morgan fingerprint density at radius 3 is 2.68 bits per heavy atom. The third-order valence-corrected chi connectivity index (χ3v) is 2.93. The van der Waals surface area contributed by atoms with Crippen molar-refractivity contribution in [2.24, 2.45) is 0 Å². The van der Waals surface area contributed by atoms with Crippen LogP contribution < -0.4 is 5.32 Å². The Morgan fingerprint density at radius 1 is 1.36 bits per heavy atom. The summed E-state index contributed by atoms with van der Waals surface area (Å²) in [6, 6.07) is 4.98. The lowest BCUT2D eigenvalue weighted by atomic mass is 10.1. The summed E-state index contributed by atoms with van der Waals surface area (Å²) in [4.78, 5) is 16.0. The van der Waals surface area contributed by atoms with Gasteiger partial charge in [-0.1, -0.05) is 0 Å². The predicted octanol–water partition coefficient (Wildman–Crippen LogP) is 3.67. The number of ether oxygens (including phenoxy) is 1. The van der Waals surface area contributed by atoms with Crippen LogP contribution in [0.25, 0.3) is 10.9 Å². The summed E-state index contributed by atoms with van der Waals surface area (Å²) in [6.45, 7) is 6.97. The molecule has 6 heteroatoms. The van der Waals surface area contributed by atoms with Crippen LogP contribution in [-0.4, -0.2) is 21.8 Å². The van der Waals surface area contributed by atoms with E-state index in [0.717, 1.165) is 0 Å². The van der Waals surface area contributed by atoms with E-state index in [-0.39, 0.29) is 5.75 Å². The molecule has 1 aromatic carbocycles. The Hall–Kier alpha value is -2.37. The molecule has 0 saturated heterocycles. The minimum absolute atomic E-state index is 0.110. The minimum Gasteiger partial charge on any atom is -0.506 e. The molecule has 0 spiro atoms. The summed E-state index contributed by atoms with van der Waals surface area (Å²) in [6.07, 6.45) is -0.597. The van der Waals surface area contributed by atoms with Gasteiger partial charge in [-0.15, -0.1) is 0 Å². The number of pyridine rings is 1. The lowest BCUT2D eigenvalue weighted by Crippen LogP contribution is -2.34. The molecule has 5 nitrogen and oxygen atoms in total. The van der Waals surface area contributed by atoms with Crippen molar-refractivity contribution in [1.29, 1.82) is 0 Å². The van der Waals surface area contributed by atoms with Gasteiger partial charge in [0.05, 0.1) is 11.6 Å². The second-order valence-electron chi connectivity index (χ2n) is 6.10. The summed E-state index contributed by atoms with van der Waals surface area (Å²) < 4.78 is 18.3. The summed E-state index contributed by atoms with van der Waals surface area (Å²) >= 11 is 0. The molecule has 0 radical (unpaired) electrons. The molecular weight excluding hydrogens is 287 g/mol. The van der Waals surface area contributed by atoms with E-state index in [1.54, 1.807) is 27.7 Å². The Balaban J connectivity index is 2.24. The van der Waals surface area contributed by atoms with E-state index in [2.05, 4.69) is 10.3 Å². The zero-order valence-corrected chi connectivity index (χ0v) is 13.0. The van der Waals surface area contributed by atoms with Crippen LogP contribution in [0.4, 0.5) is 9.18 Å². The van der Waals surface area contributed by atoms with Crippen molar-refractivity contribution < 1.29 is 19.0 Å². The zero-order chi connectivity index (χ0) is 16.5. The lowest BCUT2D eigenvalue weighted by Gasteiger charge is -2.22. The maximum Gasteiger partial charge on any atom is 0.408 e. The fourth-order valence-electron chi connectivity index (χ4n) is 2.02. The molecule has 0 unspecified atom stereocenters. The Bertz CT molecular complexity index is 710. The molecule has 118 valence electrons. The van der Waals surface area contributed by atoms with Crippen molar-refractivity contribution in [2.45, 2.75) is 39.3 Å². The van der Waals surface area contributed by atoms with E-state index < -0.39 is 23.6 Å². The molecule has 0 aliphatic carbocycles. The standard InChI is InChI=1S/C16H19FN2O3/c1-9(18-15(21)22-16(2,3)4)14-13(20)8-10-7-11(17)5-6-12(10)19-14/h5-9,20H,1-4H3,(H,18,21)/t9-/m0/s1. The van der Waals surface area contributed by atoms with Gasteiger partial charge in [0, 0.05) is 5.39 Å². The number of carbonyl (C=O) groups is 1. The fourth-order valence-corrected chi connectivity index (χ4v) is 2.02. The largest absolute Gasteiger partial charge is 0.506 e. The van der Waals surface area contributed by atoms with Crippen molar-refractivity contribution in [1.82, 2.24) is 10.3 Å². The molecule has 0 saturated carbocycles. The Kier molecular flexibility index (Phi) is 4.21. The van der Waals surface area contributed by atoms with Crippen molar-refractivity contribution in [3.05, 3.63) is 35.8 Å². The van der Waals surface area contributed by atoms with Gasteiger partial charge in [-0.05, 0) is 52.0 Å². The Morgan fingerprint density at radius 2 is 2.05 bits per heavy atom. The van der Waals surface area contributed by atoms with E-state index in [4.69, 9.17) is 4.74 Å². The quantitative estimate of drug-likeness (QED) is 0.888. The molecule has 2 aromatic rings. The van der Waals surface area contributed by atoms with E-state index in [1.807, 2.05) is 0 Å². The van der Waals surface area contributed by atoms with E-state index in [1.165, 1.54) is 24.3 Å². The highest BCUT2D eigenvalue weighted by Gasteiger charge is 2.20. The molecule has 0 aliphatic rings. The molecule has 0 fully saturated rings. The second-order valence-corrected chi connectivity index (χ2v) is 6.10. The number of carbonyl (C=O) groups excluding carboxylic acids is 1. The van der Waals surface area contributed by atoms with Gasteiger partial charge in [-0.25, -0.2) is 14.2 Å². The van der Waals surface area contributed by atoms with Crippen LogP contribution in [0, 0.1) is 5.82 Å². The van der Waals surface area contributed by atoms with Gasteiger partial charge in [0.1, 0.15) is 22.9 Å². The molecule has 22 heavy (non-hydrogen) atoms. The molecular formula is C16H19FN2O3. The average Bonchev–Trinajstić information content (AvgIpc) is 2.34. The predicted molar refractivity (Wildman–Crippen MR) is 81.2 cm³/mol. The number of fused-ring (bicyclic) bond motifs is 1. The topological polar surface area (TPSA) is 71.5 Å². The number of amides is 1. The lowest BCUT2D eigenvalue weighted by molar-refractivity contribution is 0.0506. The van der Waals surface area contributed by atoms with E-state index in [0.29, 0.717) is 16.6 Å². The number of hydrogen-bond donors (Lipinski definition) is 2. The number of aromatic hydroxyl groups is 1. The summed E-state index contributed by atoms with van der Waals surface area (Å²) in [5, 5.41) is 13.1. The van der Waals surface area contributed by atoms with Crippen LogP contribution in [0.3, 0.4) is 0 Å². The van der Waals surface area contributed by atoms with E-state index >= 15 is 0 Å². The third-order valence-electron chi connectivity index (χ3n) is 2.93. The normalized spacial score (nSPS) is 13.0. The maximum atomic E-state index is 13.2. The number of halogens is 1. The van der Waals surface area contributed by atoms with E-state index in [9.17, 15) is 14.3 Å². The molecule has 1 aromatic heterocycles. The van der Waals surface area contributed by atoms with Crippen LogP contribution in [0.1, 0.15) is 39.4 Å². The highest BCUT2D eigenvalue weighted by molar-refractivity contribution is 5.80. The number of benzene rings is 1. The summed E-state index contributed by atoms with van der Waals surface area (Å²) in [5.74, 6) is -0.511. The zero-order valence-electron chi connectivity index (χ0n) is 13.0. The second kappa shape index (κ2) is 5.79. The molecule has 1 atom stereocenters. The maximum absolute atomic E-state index is 13.2. The van der Waals surface area contributed by atoms with Crippen LogP contribution >= 0.6 is 0 Å². The number of aromatic nitrogens is 1. The molecule has 2 rings (SSSR count). The Labute approximate surface area is 128 Å². The van der Waals surface area contributed by atoms with Crippen molar-refractivity contribution in [2.75, 3.05) is 0 Å². The van der Waals surface area contributed by atoms with Crippen molar-refractivity contribution in [3.8, 4) is 5.75 Å². The van der Waals surface area contributed by atoms with Gasteiger partial charge in [-0.3, -0.25) is 0 Å². The van der Waals surface area contributed by atoms with Gasteiger partial charge < -0.3 is 15.2 Å². The highest BCUT2D eigenvalue weighted by Crippen LogP contribution is 2.27. The number of nitrogens with one attached hydrogen (secondary N) is 1. The van der Waals surface area contributed by atoms with Crippen molar-refractivity contribution in [3.63, 3.8) is 0 Å². The smallest absolute Gasteiger partial charge is 0.408 e. The molecule has 2 N–H and O–H groups in total. The van der Waals surface area contributed by atoms with Gasteiger partial charge in [-0.2, -0.15) is 0 Å². The summed E-state index contributed by atoms with van der Waals surface area (Å²) in [5.41, 5.74) is 0.220. The van der Waals surface area contributed by atoms with Crippen LogP contribution in [0.15, 0.2) is 24.3 Å². The highest BCUT2D eigenvalue weighted by atomic mass is 19.1. The third kappa shape index (κ3) is 3.84. The first-order valence-electron chi connectivity index (χ1n) is 6.94. The molecule has 1 amide bonds. The van der Waals surface area contributed by atoms with Gasteiger partial charge in [0.25, 0.3) is 0 Å².